The van der Waals surface area contributed by atoms with Crippen molar-refractivity contribution in [1.29, 1.82) is 0 Å². The van der Waals surface area contributed by atoms with E-state index in [0.717, 1.165) is 35.9 Å². The van der Waals surface area contributed by atoms with Gasteiger partial charge in [-0.15, -0.1) is 0 Å². The zero-order chi connectivity index (χ0) is 14.9. The van der Waals surface area contributed by atoms with Gasteiger partial charge < -0.3 is 10.4 Å². The van der Waals surface area contributed by atoms with Gasteiger partial charge in [0.05, 0.1) is 11.2 Å². The number of benzene rings is 1. The molecular weight excluding hydrogens is 264 g/mol. The molecule has 0 unspecified atom stereocenters. The average molecular weight is 284 g/mol. The Morgan fingerprint density at radius 3 is 2.71 bits per heavy atom. The van der Waals surface area contributed by atoms with Crippen molar-refractivity contribution in [2.75, 3.05) is 5.32 Å². The minimum Gasteiger partial charge on any atom is -0.380 e. The highest BCUT2D eigenvalue weighted by Gasteiger charge is 2.37. The first-order chi connectivity index (χ1) is 10.1. The maximum absolute atomic E-state index is 12.4. The number of nitrogens with zero attached hydrogens (tertiary/aromatic N) is 1. The van der Waals surface area contributed by atoms with Crippen LogP contribution in [0, 0.1) is 6.92 Å². The topological polar surface area (TPSA) is 62.2 Å². The summed E-state index contributed by atoms with van der Waals surface area (Å²) < 4.78 is 0. The van der Waals surface area contributed by atoms with Gasteiger partial charge >= 0.3 is 0 Å². The average Bonchev–Trinajstić information content (AvgIpc) is 2.48. The van der Waals surface area contributed by atoms with E-state index in [4.69, 9.17) is 0 Å². The molecule has 1 aromatic heterocycles. The van der Waals surface area contributed by atoms with E-state index in [0.29, 0.717) is 18.5 Å². The number of aliphatic hydroxyl groups is 1. The molecule has 1 saturated carbocycles. The molecule has 0 bridgehead atoms. The zero-order valence-corrected chi connectivity index (χ0v) is 12.2. The molecule has 0 spiro atoms. The van der Waals surface area contributed by atoms with Crippen LogP contribution < -0.4 is 5.32 Å². The van der Waals surface area contributed by atoms with Gasteiger partial charge in [0, 0.05) is 11.1 Å². The van der Waals surface area contributed by atoms with Crippen molar-refractivity contribution in [2.45, 2.75) is 44.6 Å². The van der Waals surface area contributed by atoms with Crippen molar-refractivity contribution in [2.24, 2.45) is 0 Å². The number of anilines is 1. The van der Waals surface area contributed by atoms with Crippen LogP contribution in [0.1, 0.15) is 37.8 Å². The first kappa shape index (κ1) is 14.0. The van der Waals surface area contributed by atoms with Crippen LogP contribution in [0.4, 0.5) is 5.69 Å². The molecule has 3 rings (SSSR count). The molecule has 4 heteroatoms. The van der Waals surface area contributed by atoms with Gasteiger partial charge in [-0.1, -0.05) is 37.5 Å². The summed E-state index contributed by atoms with van der Waals surface area (Å²) in [5.74, 6) is -0.307. The molecule has 0 saturated heterocycles. The molecule has 1 aliphatic rings. The molecule has 1 amide bonds. The maximum atomic E-state index is 12.4. The number of nitrogens with one attached hydrogen (secondary N) is 1. The Labute approximate surface area is 124 Å². The Morgan fingerprint density at radius 1 is 1.19 bits per heavy atom. The molecule has 0 atom stereocenters. The molecule has 1 aromatic carbocycles. The van der Waals surface area contributed by atoms with E-state index in [1.54, 1.807) is 0 Å². The number of aromatic nitrogens is 1. The van der Waals surface area contributed by atoms with E-state index in [1.165, 1.54) is 0 Å². The summed E-state index contributed by atoms with van der Waals surface area (Å²) in [6.45, 7) is 1.92. The third-order valence-electron chi connectivity index (χ3n) is 4.21. The van der Waals surface area contributed by atoms with Crippen molar-refractivity contribution in [1.82, 2.24) is 4.98 Å². The number of rotatable bonds is 2. The SMILES string of the molecule is Cc1ccc2cccc(NC(=O)C3(O)CCCCC3)c2n1. The van der Waals surface area contributed by atoms with Crippen LogP contribution in [0.25, 0.3) is 10.9 Å². The first-order valence-corrected chi connectivity index (χ1v) is 7.49. The lowest BCUT2D eigenvalue weighted by Crippen LogP contribution is -2.44. The summed E-state index contributed by atoms with van der Waals surface area (Å²) in [6, 6.07) is 9.62. The second-order valence-electron chi connectivity index (χ2n) is 5.88. The standard InChI is InChI=1S/C17H20N2O2/c1-12-8-9-13-6-5-7-14(15(13)18-12)19-16(20)17(21)10-3-2-4-11-17/h5-9,21H,2-4,10-11H2,1H3,(H,19,20). The predicted octanol–water partition coefficient (Wildman–Crippen LogP) is 3.18. The molecule has 4 nitrogen and oxygen atoms in total. The first-order valence-electron chi connectivity index (χ1n) is 7.49. The summed E-state index contributed by atoms with van der Waals surface area (Å²) in [5, 5.41) is 14.3. The Bertz CT molecular complexity index is 676. The Balaban J connectivity index is 1.91. The normalized spacial score (nSPS) is 17.6. The third kappa shape index (κ3) is 2.76. The molecule has 1 heterocycles. The second kappa shape index (κ2) is 5.45. The smallest absolute Gasteiger partial charge is 0.256 e. The zero-order valence-electron chi connectivity index (χ0n) is 12.2. The van der Waals surface area contributed by atoms with Crippen molar-refractivity contribution in [3.8, 4) is 0 Å². The van der Waals surface area contributed by atoms with Crippen molar-refractivity contribution in [3.05, 3.63) is 36.0 Å². The highest BCUT2D eigenvalue weighted by Crippen LogP contribution is 2.30. The molecule has 2 aromatic rings. The fourth-order valence-corrected chi connectivity index (χ4v) is 2.95. The van der Waals surface area contributed by atoms with E-state index in [-0.39, 0.29) is 5.91 Å². The van der Waals surface area contributed by atoms with Gasteiger partial charge in [0.15, 0.2) is 0 Å². The van der Waals surface area contributed by atoms with Crippen molar-refractivity contribution < 1.29 is 9.90 Å². The van der Waals surface area contributed by atoms with E-state index < -0.39 is 5.60 Å². The number of carbonyl (C=O) groups is 1. The Hall–Kier alpha value is -1.94. The van der Waals surface area contributed by atoms with E-state index in [2.05, 4.69) is 10.3 Å². The highest BCUT2D eigenvalue weighted by molar-refractivity contribution is 6.03. The largest absolute Gasteiger partial charge is 0.380 e. The molecule has 21 heavy (non-hydrogen) atoms. The lowest BCUT2D eigenvalue weighted by Gasteiger charge is -2.30. The lowest BCUT2D eigenvalue weighted by atomic mass is 9.84. The number of fused-ring (bicyclic) bond motifs is 1. The second-order valence-corrected chi connectivity index (χ2v) is 5.88. The number of hydrogen-bond donors (Lipinski definition) is 2. The molecule has 1 aliphatic carbocycles. The summed E-state index contributed by atoms with van der Waals surface area (Å²) in [7, 11) is 0. The van der Waals surface area contributed by atoms with Crippen molar-refractivity contribution >= 4 is 22.5 Å². The fraction of sp³-hybridized carbons (Fsp3) is 0.412. The van der Waals surface area contributed by atoms with Crippen LogP contribution in [0.5, 0.6) is 0 Å². The van der Waals surface area contributed by atoms with Gasteiger partial charge in [0.2, 0.25) is 0 Å². The van der Waals surface area contributed by atoms with Gasteiger partial charge in [-0.2, -0.15) is 0 Å². The lowest BCUT2D eigenvalue weighted by molar-refractivity contribution is -0.137. The van der Waals surface area contributed by atoms with E-state index >= 15 is 0 Å². The van der Waals surface area contributed by atoms with Gasteiger partial charge in [-0.05, 0) is 31.9 Å². The van der Waals surface area contributed by atoms with Crippen LogP contribution in [0.15, 0.2) is 30.3 Å². The minimum absolute atomic E-state index is 0.307. The van der Waals surface area contributed by atoms with Gasteiger partial charge in [0.25, 0.3) is 5.91 Å². The van der Waals surface area contributed by atoms with E-state index in [1.807, 2.05) is 37.3 Å². The fourth-order valence-electron chi connectivity index (χ4n) is 2.95. The molecular formula is C17H20N2O2. The van der Waals surface area contributed by atoms with Crippen LogP contribution in [-0.2, 0) is 4.79 Å². The third-order valence-corrected chi connectivity index (χ3v) is 4.21. The summed E-state index contributed by atoms with van der Waals surface area (Å²) in [4.78, 5) is 16.9. The van der Waals surface area contributed by atoms with E-state index in [9.17, 15) is 9.90 Å². The number of para-hydroxylation sites is 1. The van der Waals surface area contributed by atoms with Crippen LogP contribution in [-0.4, -0.2) is 21.6 Å². The maximum Gasteiger partial charge on any atom is 0.256 e. The molecule has 1 fully saturated rings. The molecule has 2 N–H and O–H groups in total. The molecule has 0 aliphatic heterocycles. The summed E-state index contributed by atoms with van der Waals surface area (Å²) in [6.07, 6.45) is 3.96. The number of pyridine rings is 1. The van der Waals surface area contributed by atoms with Gasteiger partial charge in [-0.25, -0.2) is 0 Å². The summed E-state index contributed by atoms with van der Waals surface area (Å²) in [5.41, 5.74) is 1.11. The van der Waals surface area contributed by atoms with Gasteiger partial charge in [0.1, 0.15) is 5.60 Å². The predicted molar refractivity (Wildman–Crippen MR) is 83.1 cm³/mol. The number of carbonyl (C=O) groups excluding carboxylic acids is 1. The minimum atomic E-state index is -1.23. The number of amides is 1. The van der Waals surface area contributed by atoms with Gasteiger partial charge in [-0.3, -0.25) is 9.78 Å². The number of hydrogen-bond acceptors (Lipinski definition) is 3. The Morgan fingerprint density at radius 2 is 1.95 bits per heavy atom. The molecule has 0 radical (unpaired) electrons. The van der Waals surface area contributed by atoms with Crippen molar-refractivity contribution in [3.63, 3.8) is 0 Å². The van der Waals surface area contributed by atoms with Crippen LogP contribution in [0.2, 0.25) is 0 Å². The van der Waals surface area contributed by atoms with Crippen LogP contribution >= 0.6 is 0 Å². The molecule has 110 valence electrons. The number of aryl methyl sites for hydroxylation is 1. The monoisotopic (exact) mass is 284 g/mol. The summed E-state index contributed by atoms with van der Waals surface area (Å²) >= 11 is 0. The van der Waals surface area contributed by atoms with Crippen LogP contribution in [0.3, 0.4) is 0 Å². The quantitative estimate of drug-likeness (QED) is 0.890. The highest BCUT2D eigenvalue weighted by atomic mass is 16.3. The Kier molecular flexibility index (Phi) is 3.64.